The predicted molar refractivity (Wildman–Crippen MR) is 115 cm³/mol. The van der Waals surface area contributed by atoms with Gasteiger partial charge in [0.15, 0.2) is 9.47 Å². The molecule has 0 fully saturated rings. The molecule has 1 atom stereocenters. The molecule has 0 spiro atoms. The van der Waals surface area contributed by atoms with E-state index in [0.717, 1.165) is 5.56 Å². The van der Waals surface area contributed by atoms with Gasteiger partial charge in [-0.05, 0) is 18.1 Å². The quantitative estimate of drug-likeness (QED) is 0.316. The van der Waals surface area contributed by atoms with E-state index in [1.54, 1.807) is 17.7 Å². The molecule has 2 N–H and O–H groups in total. The molecule has 1 unspecified atom stereocenters. The SMILES string of the molecule is CCC(Sc1nnc(NC(=O)/C=C/c2ccccc2)s1)C(=O)Nc1nccs1. The first-order chi connectivity index (χ1) is 13.6. The summed E-state index contributed by atoms with van der Waals surface area (Å²) in [6.45, 7) is 1.93. The van der Waals surface area contributed by atoms with Crippen molar-refractivity contribution >= 4 is 62.6 Å². The Balaban J connectivity index is 1.54. The van der Waals surface area contributed by atoms with Gasteiger partial charge < -0.3 is 5.32 Å². The Bertz CT molecular complexity index is 941. The minimum absolute atomic E-state index is 0.131. The molecule has 0 aliphatic carbocycles. The number of nitrogens with one attached hydrogen (secondary N) is 2. The summed E-state index contributed by atoms with van der Waals surface area (Å²) in [4.78, 5) is 28.4. The molecule has 0 bridgehead atoms. The van der Waals surface area contributed by atoms with Gasteiger partial charge in [-0.3, -0.25) is 14.9 Å². The fraction of sp³-hybridized carbons (Fsp3) is 0.167. The number of hydrogen-bond donors (Lipinski definition) is 2. The van der Waals surface area contributed by atoms with E-state index in [4.69, 9.17) is 0 Å². The highest BCUT2D eigenvalue weighted by Crippen LogP contribution is 2.31. The number of thioether (sulfide) groups is 1. The molecule has 2 amide bonds. The van der Waals surface area contributed by atoms with Gasteiger partial charge in [0.25, 0.3) is 0 Å². The summed E-state index contributed by atoms with van der Waals surface area (Å²) in [5.41, 5.74) is 0.934. The van der Waals surface area contributed by atoms with Crippen LogP contribution in [-0.4, -0.2) is 32.2 Å². The number of aromatic nitrogens is 3. The lowest BCUT2D eigenvalue weighted by Gasteiger charge is -2.11. The molecule has 10 heteroatoms. The first-order valence-corrected chi connectivity index (χ1v) is 11.0. The lowest BCUT2D eigenvalue weighted by molar-refractivity contribution is -0.115. The highest BCUT2D eigenvalue weighted by Gasteiger charge is 2.21. The van der Waals surface area contributed by atoms with E-state index in [9.17, 15) is 9.59 Å². The zero-order valence-corrected chi connectivity index (χ0v) is 17.3. The number of nitrogens with zero attached hydrogens (tertiary/aromatic N) is 3. The number of amides is 2. The second-order valence-corrected chi connectivity index (χ2v) is 8.77. The summed E-state index contributed by atoms with van der Waals surface area (Å²) >= 11 is 3.92. The van der Waals surface area contributed by atoms with Crippen LogP contribution >= 0.6 is 34.4 Å². The molecule has 0 radical (unpaired) electrons. The van der Waals surface area contributed by atoms with E-state index in [0.29, 0.717) is 21.0 Å². The van der Waals surface area contributed by atoms with Gasteiger partial charge in [-0.2, -0.15) is 0 Å². The molecule has 3 rings (SSSR count). The van der Waals surface area contributed by atoms with Crippen molar-refractivity contribution in [3.05, 3.63) is 53.5 Å². The van der Waals surface area contributed by atoms with Gasteiger partial charge in [0, 0.05) is 17.7 Å². The van der Waals surface area contributed by atoms with E-state index < -0.39 is 0 Å². The first-order valence-electron chi connectivity index (χ1n) is 8.38. The molecule has 28 heavy (non-hydrogen) atoms. The third-order valence-corrected chi connectivity index (χ3v) is 6.41. The Hall–Kier alpha value is -2.56. The van der Waals surface area contributed by atoms with Crippen LogP contribution in [0.3, 0.4) is 0 Å². The maximum atomic E-state index is 12.4. The first kappa shape index (κ1) is 20.2. The molecular weight excluding hydrogens is 414 g/mol. The van der Waals surface area contributed by atoms with Gasteiger partial charge in [0.2, 0.25) is 16.9 Å². The van der Waals surface area contributed by atoms with Crippen molar-refractivity contribution in [1.29, 1.82) is 0 Å². The van der Waals surface area contributed by atoms with E-state index >= 15 is 0 Å². The molecule has 0 aliphatic rings. The van der Waals surface area contributed by atoms with Crippen molar-refractivity contribution in [2.75, 3.05) is 10.6 Å². The van der Waals surface area contributed by atoms with E-state index in [1.165, 1.54) is 40.5 Å². The number of hydrogen-bond acceptors (Lipinski definition) is 8. The maximum absolute atomic E-state index is 12.4. The normalized spacial score (nSPS) is 12.0. The molecule has 0 saturated heterocycles. The maximum Gasteiger partial charge on any atom is 0.250 e. The fourth-order valence-corrected chi connectivity index (χ4v) is 4.56. The molecule has 2 heterocycles. The summed E-state index contributed by atoms with van der Waals surface area (Å²) in [6, 6.07) is 9.54. The number of thiazole rings is 1. The third-order valence-electron chi connectivity index (χ3n) is 3.43. The van der Waals surface area contributed by atoms with Gasteiger partial charge in [0.05, 0.1) is 5.25 Å². The molecule has 3 aromatic rings. The van der Waals surface area contributed by atoms with Crippen molar-refractivity contribution in [3.63, 3.8) is 0 Å². The fourth-order valence-electron chi connectivity index (χ4n) is 2.11. The van der Waals surface area contributed by atoms with Crippen molar-refractivity contribution in [3.8, 4) is 0 Å². The number of carbonyl (C=O) groups excluding carboxylic acids is 2. The Labute approximate surface area is 174 Å². The standard InChI is InChI=1S/C18H17N5O2S3/c1-2-13(15(25)21-16-19-10-11-26-16)27-18-23-22-17(28-18)20-14(24)9-8-12-6-4-3-5-7-12/h3-11,13H,2H2,1H3,(H,19,21,25)(H,20,22,24)/b9-8+. The molecule has 1 aromatic carbocycles. The van der Waals surface area contributed by atoms with E-state index in [1.807, 2.05) is 37.3 Å². The van der Waals surface area contributed by atoms with Crippen LogP contribution in [0.2, 0.25) is 0 Å². The van der Waals surface area contributed by atoms with Gasteiger partial charge >= 0.3 is 0 Å². The smallest absolute Gasteiger partial charge is 0.250 e. The summed E-state index contributed by atoms with van der Waals surface area (Å²) in [6.07, 6.45) is 5.44. The summed E-state index contributed by atoms with van der Waals surface area (Å²) < 4.78 is 0.614. The minimum Gasteiger partial charge on any atom is -0.301 e. The summed E-state index contributed by atoms with van der Waals surface area (Å²) in [5, 5.41) is 15.9. The van der Waals surface area contributed by atoms with Crippen LogP contribution in [0.5, 0.6) is 0 Å². The largest absolute Gasteiger partial charge is 0.301 e. The van der Waals surface area contributed by atoms with Crippen LogP contribution in [0, 0.1) is 0 Å². The van der Waals surface area contributed by atoms with Crippen molar-refractivity contribution in [2.45, 2.75) is 22.9 Å². The predicted octanol–water partition coefficient (Wildman–Crippen LogP) is 4.16. The Morgan fingerprint density at radius 3 is 2.71 bits per heavy atom. The van der Waals surface area contributed by atoms with Crippen LogP contribution in [0.4, 0.5) is 10.3 Å². The van der Waals surface area contributed by atoms with Crippen LogP contribution in [0.1, 0.15) is 18.9 Å². The van der Waals surface area contributed by atoms with Gasteiger partial charge in [0.1, 0.15) is 0 Å². The topological polar surface area (TPSA) is 96.9 Å². The lowest BCUT2D eigenvalue weighted by atomic mass is 10.2. The van der Waals surface area contributed by atoms with Crippen LogP contribution in [-0.2, 0) is 9.59 Å². The number of anilines is 2. The number of benzene rings is 1. The molecule has 0 aliphatic heterocycles. The third kappa shape index (κ3) is 5.98. The summed E-state index contributed by atoms with van der Waals surface area (Å²) in [7, 11) is 0. The van der Waals surface area contributed by atoms with Crippen molar-refractivity contribution < 1.29 is 9.59 Å². The average molecular weight is 432 g/mol. The summed E-state index contributed by atoms with van der Waals surface area (Å²) in [5.74, 6) is -0.417. The molecule has 2 aromatic heterocycles. The number of carbonyl (C=O) groups is 2. The Kier molecular flexibility index (Phi) is 7.29. The monoisotopic (exact) mass is 431 g/mol. The highest BCUT2D eigenvalue weighted by atomic mass is 32.2. The van der Waals surface area contributed by atoms with E-state index in [2.05, 4.69) is 25.8 Å². The molecule has 7 nitrogen and oxygen atoms in total. The molecule has 0 saturated carbocycles. The zero-order chi connectivity index (χ0) is 19.8. The van der Waals surface area contributed by atoms with Gasteiger partial charge in [-0.25, -0.2) is 4.98 Å². The second-order valence-electron chi connectivity index (χ2n) is 5.45. The second kappa shape index (κ2) is 10.1. The van der Waals surface area contributed by atoms with E-state index in [-0.39, 0.29) is 17.1 Å². The average Bonchev–Trinajstić information content (AvgIpc) is 3.37. The highest BCUT2D eigenvalue weighted by molar-refractivity contribution is 8.02. The molecule has 144 valence electrons. The van der Waals surface area contributed by atoms with Crippen LogP contribution < -0.4 is 10.6 Å². The van der Waals surface area contributed by atoms with Crippen molar-refractivity contribution in [1.82, 2.24) is 15.2 Å². The van der Waals surface area contributed by atoms with Crippen LogP contribution in [0.15, 0.2) is 52.3 Å². The minimum atomic E-state index is -0.321. The Morgan fingerprint density at radius 1 is 1.18 bits per heavy atom. The van der Waals surface area contributed by atoms with Gasteiger partial charge in [-0.15, -0.1) is 21.5 Å². The zero-order valence-electron chi connectivity index (χ0n) is 14.9. The van der Waals surface area contributed by atoms with Gasteiger partial charge in [-0.1, -0.05) is 60.4 Å². The lowest BCUT2D eigenvalue weighted by Crippen LogP contribution is -2.24. The van der Waals surface area contributed by atoms with Crippen LogP contribution in [0.25, 0.3) is 6.08 Å². The molecular formula is C18H17N5O2S3. The number of rotatable bonds is 8. The Morgan fingerprint density at radius 2 is 2.00 bits per heavy atom. The van der Waals surface area contributed by atoms with Crippen molar-refractivity contribution in [2.24, 2.45) is 0 Å².